The van der Waals surface area contributed by atoms with Crippen LogP contribution in [0.3, 0.4) is 0 Å². The number of ketones is 3. The molecule has 0 bridgehead atoms. The van der Waals surface area contributed by atoms with Gasteiger partial charge in [0.05, 0.1) is 17.8 Å². The molecule has 0 radical (unpaired) electrons. The summed E-state index contributed by atoms with van der Waals surface area (Å²) in [5.74, 6) is -0.590. The van der Waals surface area contributed by atoms with Crippen LogP contribution in [0.1, 0.15) is 122 Å². The van der Waals surface area contributed by atoms with Gasteiger partial charge >= 0.3 is 0 Å². The number of aliphatic hydroxyl groups is 4. The van der Waals surface area contributed by atoms with Crippen molar-refractivity contribution in [3.05, 3.63) is 23.8 Å². The number of carbonyl (C=O) groups excluding carboxylic acids is 3. The van der Waals surface area contributed by atoms with E-state index in [4.69, 9.17) is 0 Å². The second-order valence-electron chi connectivity index (χ2n) is 14.6. The van der Waals surface area contributed by atoms with Gasteiger partial charge in [0.25, 0.3) is 0 Å². The summed E-state index contributed by atoms with van der Waals surface area (Å²) in [6.07, 6.45) is 4.74. The van der Waals surface area contributed by atoms with Crippen LogP contribution in [0.15, 0.2) is 23.8 Å². The quantitative estimate of drug-likeness (QED) is 0.228. The monoisotopic (exact) mass is 606 g/mol. The third-order valence-corrected chi connectivity index (χ3v) is 11.0. The molecule has 7 heteroatoms. The molecule has 0 aromatic heterocycles. The number of carbonyl (C=O) groups is 3. The Morgan fingerprint density at radius 1 is 1.00 bits per heavy atom. The summed E-state index contributed by atoms with van der Waals surface area (Å²) in [7, 11) is 0. The Bertz CT molecular complexity index is 1060. The molecule has 0 aromatic rings. The van der Waals surface area contributed by atoms with E-state index in [9.17, 15) is 34.8 Å². The van der Waals surface area contributed by atoms with Crippen LogP contribution in [0.5, 0.6) is 0 Å². The van der Waals surface area contributed by atoms with E-state index >= 15 is 0 Å². The van der Waals surface area contributed by atoms with Crippen molar-refractivity contribution < 1.29 is 34.8 Å². The molecule has 0 saturated heterocycles. The molecule has 4 aliphatic carbocycles. The number of fused-ring (bicyclic) bond motifs is 5. The van der Waals surface area contributed by atoms with Crippen molar-refractivity contribution in [2.45, 2.75) is 146 Å². The first-order chi connectivity index (χ1) is 19.6. The number of hydrogen-bond donors (Lipinski definition) is 4. The van der Waals surface area contributed by atoms with Crippen molar-refractivity contribution >= 4 is 17.3 Å². The summed E-state index contributed by atoms with van der Waals surface area (Å²) < 4.78 is 0. The van der Waals surface area contributed by atoms with Gasteiger partial charge in [-0.05, 0) is 88.0 Å². The van der Waals surface area contributed by atoms with Crippen LogP contribution in [0.25, 0.3) is 0 Å². The van der Waals surface area contributed by atoms with Gasteiger partial charge in [0.1, 0.15) is 17.7 Å². The number of Topliss-reactive ketones (excluding diaryl/α,β-unsaturated/α-hetero) is 2. The van der Waals surface area contributed by atoms with Crippen molar-refractivity contribution in [2.75, 3.05) is 0 Å². The summed E-state index contributed by atoms with van der Waals surface area (Å²) >= 11 is 0. The SMILES string of the molecule is CC.CC.CC(C)(O)/C=C/C(=O)C(O)C1CCC2(C)C3CC=C4C(CC(O)C(O)C4(C)C)[C@]3(C)C(=O)CC12C.CC(C)=O. The van der Waals surface area contributed by atoms with Crippen LogP contribution < -0.4 is 0 Å². The molecule has 7 nitrogen and oxygen atoms in total. The van der Waals surface area contributed by atoms with Crippen molar-refractivity contribution in [3.8, 4) is 0 Å². The summed E-state index contributed by atoms with van der Waals surface area (Å²) in [6, 6.07) is 0. The largest absolute Gasteiger partial charge is 0.390 e. The molecular formula is C36H62O7. The Kier molecular flexibility index (Phi) is 13.0. The second kappa shape index (κ2) is 14.2. The zero-order chi connectivity index (χ0) is 33.9. The van der Waals surface area contributed by atoms with Crippen LogP contribution in [-0.2, 0) is 14.4 Å². The molecular weight excluding hydrogens is 544 g/mol. The van der Waals surface area contributed by atoms with Gasteiger partial charge in [-0.3, -0.25) is 9.59 Å². The predicted octanol–water partition coefficient (Wildman–Crippen LogP) is 6.01. The average molecular weight is 607 g/mol. The first-order valence-electron chi connectivity index (χ1n) is 16.3. The molecule has 4 aliphatic rings. The van der Waals surface area contributed by atoms with Crippen LogP contribution in [-0.4, -0.2) is 61.7 Å². The highest BCUT2D eigenvalue weighted by Crippen LogP contribution is 2.73. The van der Waals surface area contributed by atoms with E-state index < -0.39 is 45.9 Å². The van der Waals surface area contributed by atoms with Crippen molar-refractivity contribution in [1.29, 1.82) is 0 Å². The molecule has 8 unspecified atom stereocenters. The summed E-state index contributed by atoms with van der Waals surface area (Å²) in [5.41, 5.74) is -2.15. The molecule has 4 N–H and O–H groups in total. The van der Waals surface area contributed by atoms with E-state index in [1.807, 2.05) is 41.5 Å². The minimum absolute atomic E-state index is 0.0208. The number of hydrogen-bond acceptors (Lipinski definition) is 7. The molecule has 0 aromatic carbocycles. The van der Waals surface area contributed by atoms with Crippen molar-refractivity contribution in [3.63, 3.8) is 0 Å². The predicted molar refractivity (Wildman–Crippen MR) is 172 cm³/mol. The van der Waals surface area contributed by atoms with Gasteiger partial charge < -0.3 is 25.2 Å². The van der Waals surface area contributed by atoms with E-state index in [0.29, 0.717) is 19.3 Å². The summed E-state index contributed by atoms with van der Waals surface area (Å²) in [6.45, 7) is 24.5. The lowest BCUT2D eigenvalue weighted by molar-refractivity contribution is -0.179. The minimum atomic E-state index is -1.22. The highest BCUT2D eigenvalue weighted by atomic mass is 16.3. The smallest absolute Gasteiger partial charge is 0.184 e. The van der Waals surface area contributed by atoms with Crippen LogP contribution >= 0.6 is 0 Å². The zero-order valence-electron chi connectivity index (χ0n) is 29.2. The Morgan fingerprint density at radius 3 is 2.00 bits per heavy atom. The number of rotatable bonds is 4. The Morgan fingerprint density at radius 2 is 1.51 bits per heavy atom. The third-order valence-electron chi connectivity index (χ3n) is 11.0. The first kappa shape index (κ1) is 39.4. The maximum atomic E-state index is 14.1. The van der Waals surface area contributed by atoms with E-state index in [1.165, 1.54) is 26.0 Å². The molecule has 43 heavy (non-hydrogen) atoms. The highest BCUT2D eigenvalue weighted by Gasteiger charge is 2.71. The first-order valence-corrected chi connectivity index (χ1v) is 16.3. The third kappa shape index (κ3) is 7.10. The molecule has 0 heterocycles. The van der Waals surface area contributed by atoms with Crippen molar-refractivity contribution in [2.24, 2.45) is 39.4 Å². The van der Waals surface area contributed by atoms with Gasteiger partial charge in [0.15, 0.2) is 5.78 Å². The van der Waals surface area contributed by atoms with Crippen LogP contribution in [0, 0.1) is 39.4 Å². The maximum Gasteiger partial charge on any atom is 0.184 e. The lowest BCUT2D eigenvalue weighted by Gasteiger charge is -2.65. The molecule has 3 fully saturated rings. The Labute approximate surface area is 261 Å². The minimum Gasteiger partial charge on any atom is -0.390 e. The van der Waals surface area contributed by atoms with Gasteiger partial charge in [-0.2, -0.15) is 0 Å². The normalized spacial score (nSPS) is 38.3. The van der Waals surface area contributed by atoms with Gasteiger partial charge in [0.2, 0.25) is 0 Å². The van der Waals surface area contributed by atoms with Gasteiger partial charge in [0, 0.05) is 17.3 Å². The van der Waals surface area contributed by atoms with E-state index in [0.717, 1.165) is 12.0 Å². The number of aliphatic hydroxyl groups excluding tert-OH is 3. The molecule has 0 aliphatic heterocycles. The van der Waals surface area contributed by atoms with E-state index in [1.54, 1.807) is 13.8 Å². The number of allylic oxidation sites excluding steroid dienone is 1. The highest BCUT2D eigenvalue weighted by molar-refractivity contribution is 5.94. The standard InChI is InChI=1S/C29H44O6.C3H6O.2C2H6/c1-25(2,35)12-11-19(30)23(33)17-10-13-27(5)21-9-8-16-18(14-20(31)24(34)26(16,3)4)29(21,7)22(32)15-28(17,27)6;1-3(2)4;2*1-2/h8,11-12,17-18,20-21,23-24,31,33-35H,9-10,13-15H2,1-7H3;1-2H3;2*1-2H3/b12-11+;;;/t17?,18?,20?,21?,23?,24?,27?,28?,29-;;;/m0.../s1. The molecule has 4 rings (SSSR count). The molecule has 0 amide bonds. The maximum absolute atomic E-state index is 14.1. The molecule has 9 atom stereocenters. The summed E-state index contributed by atoms with van der Waals surface area (Å²) in [5, 5.41) is 42.5. The molecule has 0 spiro atoms. The zero-order valence-corrected chi connectivity index (χ0v) is 29.2. The van der Waals surface area contributed by atoms with E-state index in [2.05, 4.69) is 26.8 Å². The van der Waals surface area contributed by atoms with E-state index in [-0.39, 0.29) is 41.2 Å². The lowest BCUT2D eigenvalue weighted by Crippen LogP contribution is -2.64. The fraction of sp³-hybridized carbons (Fsp3) is 0.806. The topological polar surface area (TPSA) is 132 Å². The van der Waals surface area contributed by atoms with Gasteiger partial charge in [-0.15, -0.1) is 0 Å². The summed E-state index contributed by atoms with van der Waals surface area (Å²) in [4.78, 5) is 36.4. The fourth-order valence-electron chi connectivity index (χ4n) is 8.62. The Hall–Kier alpha value is -1.67. The van der Waals surface area contributed by atoms with Gasteiger partial charge in [-0.25, -0.2) is 0 Å². The second-order valence-corrected chi connectivity index (χ2v) is 14.6. The fourth-order valence-corrected chi connectivity index (χ4v) is 8.62. The molecule has 3 saturated carbocycles. The Balaban J connectivity index is 0.00000105. The molecule has 248 valence electrons. The van der Waals surface area contributed by atoms with Crippen LogP contribution in [0.4, 0.5) is 0 Å². The lowest BCUT2D eigenvalue weighted by atomic mass is 9.38. The average Bonchev–Trinajstić information content (AvgIpc) is 3.18. The van der Waals surface area contributed by atoms with Crippen molar-refractivity contribution in [1.82, 2.24) is 0 Å². The van der Waals surface area contributed by atoms with Gasteiger partial charge in [-0.1, -0.05) is 80.0 Å². The van der Waals surface area contributed by atoms with Crippen LogP contribution in [0.2, 0.25) is 0 Å².